The molecular weight excluding hydrogens is 630 g/mol. The Balaban J connectivity index is 1.40. The molecule has 0 amide bonds. The summed E-state index contributed by atoms with van der Waals surface area (Å²) in [7, 11) is -2.54. The lowest BCUT2D eigenvalue weighted by Crippen LogP contribution is -2.45. The Hall–Kier alpha value is -6.43. The number of hydrogen-bond donors (Lipinski definition) is 0. The molecule has 0 atom stereocenters. The van der Waals surface area contributed by atoms with Crippen LogP contribution in [0.15, 0.2) is 182 Å². The highest BCUT2D eigenvalue weighted by Crippen LogP contribution is 2.53. The van der Waals surface area contributed by atoms with E-state index in [-0.39, 0.29) is 0 Å². The van der Waals surface area contributed by atoms with Gasteiger partial charge in [0, 0.05) is 21.9 Å². The van der Waals surface area contributed by atoms with Crippen molar-refractivity contribution in [2.45, 2.75) is 0 Å². The Morgan fingerprint density at radius 2 is 0.725 bits per heavy atom. The average Bonchev–Trinajstić information content (AvgIpc) is 3.25. The van der Waals surface area contributed by atoms with E-state index in [1.54, 1.807) is 0 Å². The molecule has 242 valence electrons. The molecule has 1 aliphatic heterocycles. The monoisotopic (exact) mass is 660 g/mol. The predicted octanol–water partition coefficient (Wildman–Crippen LogP) is 10.9. The molecular formula is C44H30B2O5. The molecule has 1 heterocycles. The van der Waals surface area contributed by atoms with Crippen LogP contribution in [0.1, 0.15) is 0 Å². The zero-order valence-corrected chi connectivity index (χ0v) is 27.5. The van der Waals surface area contributed by atoms with Crippen molar-refractivity contribution in [2.75, 3.05) is 0 Å². The molecule has 0 N–H and O–H groups in total. The minimum absolute atomic E-state index is 0.568. The highest BCUT2D eigenvalue weighted by Gasteiger charge is 2.44. The zero-order chi connectivity index (χ0) is 34.0. The lowest BCUT2D eigenvalue weighted by atomic mass is 9.84. The second-order valence-corrected chi connectivity index (χ2v) is 12.2. The van der Waals surface area contributed by atoms with E-state index in [0.29, 0.717) is 23.0 Å². The minimum atomic E-state index is -1.27. The third-order valence-electron chi connectivity index (χ3n) is 9.02. The fourth-order valence-corrected chi connectivity index (χ4v) is 6.72. The molecule has 0 saturated carbocycles. The van der Waals surface area contributed by atoms with Crippen LogP contribution in [-0.2, 0) is 4.57 Å². The van der Waals surface area contributed by atoms with E-state index in [2.05, 4.69) is 84.9 Å². The van der Waals surface area contributed by atoms with Gasteiger partial charge in [-0.3, -0.25) is 0 Å². The first-order valence-electron chi connectivity index (χ1n) is 16.9. The van der Waals surface area contributed by atoms with Gasteiger partial charge in [0.25, 0.3) is 0 Å². The van der Waals surface area contributed by atoms with Crippen LogP contribution in [0.5, 0.6) is 23.0 Å². The van der Waals surface area contributed by atoms with Gasteiger partial charge in [0.1, 0.15) is 23.0 Å². The van der Waals surface area contributed by atoms with Crippen LogP contribution in [0.4, 0.5) is 0 Å². The Labute approximate surface area is 296 Å². The third kappa shape index (κ3) is 6.05. The third-order valence-corrected chi connectivity index (χ3v) is 9.02. The van der Waals surface area contributed by atoms with Gasteiger partial charge in [0.2, 0.25) is 0 Å². The molecule has 0 spiro atoms. The van der Waals surface area contributed by atoms with Crippen molar-refractivity contribution in [2.24, 2.45) is 0 Å². The number of fused-ring (bicyclic) bond motifs is 7. The highest BCUT2D eigenvalue weighted by molar-refractivity contribution is 6.54. The summed E-state index contributed by atoms with van der Waals surface area (Å²) >= 11 is 0. The molecule has 5 nitrogen and oxygen atoms in total. The van der Waals surface area contributed by atoms with E-state index in [1.807, 2.05) is 97.1 Å². The average molecular weight is 660 g/mol. The molecule has 0 aliphatic carbocycles. The Morgan fingerprint density at radius 1 is 0.373 bits per heavy atom. The van der Waals surface area contributed by atoms with Gasteiger partial charge in [-0.15, -0.1) is 0 Å². The predicted molar refractivity (Wildman–Crippen MR) is 206 cm³/mol. The number of benzene rings is 8. The number of para-hydroxylation sites is 2. The summed E-state index contributed by atoms with van der Waals surface area (Å²) in [5.74, 6) is 2.34. The molecule has 0 saturated heterocycles. The molecule has 7 heteroatoms. The summed E-state index contributed by atoms with van der Waals surface area (Å²) in [5, 5.41) is 3.82. The molecule has 0 fully saturated rings. The summed E-state index contributed by atoms with van der Waals surface area (Å²) in [4.78, 5) is 0. The molecule has 51 heavy (non-hydrogen) atoms. The van der Waals surface area contributed by atoms with Crippen LogP contribution in [0.25, 0.3) is 54.9 Å². The first-order chi connectivity index (χ1) is 25.3. The number of hydrogen-bond acceptors (Lipinski definition) is 5. The summed E-state index contributed by atoms with van der Waals surface area (Å²) in [6.07, 6.45) is 0. The van der Waals surface area contributed by atoms with Gasteiger partial charge >= 0.3 is 14.6 Å². The fraction of sp³-hybridized carbons (Fsp3) is 0. The van der Waals surface area contributed by atoms with E-state index < -0.39 is 14.6 Å². The van der Waals surface area contributed by atoms with Crippen LogP contribution < -0.4 is 18.6 Å². The lowest BCUT2D eigenvalue weighted by Gasteiger charge is -2.24. The van der Waals surface area contributed by atoms with E-state index in [0.717, 1.165) is 54.9 Å². The van der Waals surface area contributed by atoms with Crippen molar-refractivity contribution >= 4 is 36.2 Å². The Bertz CT molecular complexity index is 2290. The van der Waals surface area contributed by atoms with Gasteiger partial charge in [0.05, 0.1) is 0 Å². The Morgan fingerprint density at radius 3 is 1.14 bits per heavy atom. The van der Waals surface area contributed by atoms with E-state index in [1.165, 1.54) is 0 Å². The molecule has 0 radical (unpaired) electrons. The molecule has 0 bridgehead atoms. The van der Waals surface area contributed by atoms with Crippen molar-refractivity contribution in [3.63, 3.8) is 0 Å². The lowest BCUT2D eigenvalue weighted by molar-refractivity contribution is 0.240. The summed E-state index contributed by atoms with van der Waals surface area (Å²) in [6, 6.07) is 60.6. The molecule has 8 aromatic carbocycles. The quantitative estimate of drug-likeness (QED) is 0.166. The maximum Gasteiger partial charge on any atom is 0.777 e. The summed E-state index contributed by atoms with van der Waals surface area (Å²) in [5.41, 5.74) is 5.71. The van der Waals surface area contributed by atoms with Crippen molar-refractivity contribution in [1.29, 1.82) is 0 Å². The first-order valence-corrected chi connectivity index (χ1v) is 16.9. The molecule has 8 aromatic rings. The minimum Gasteiger partial charge on any atom is -0.502 e. The van der Waals surface area contributed by atoms with E-state index >= 15 is 0 Å². The van der Waals surface area contributed by atoms with Gasteiger partial charge in [-0.2, -0.15) is 0 Å². The van der Waals surface area contributed by atoms with Crippen LogP contribution >= 0.6 is 0 Å². The summed E-state index contributed by atoms with van der Waals surface area (Å²) in [6.45, 7) is 0. The van der Waals surface area contributed by atoms with Crippen molar-refractivity contribution < 1.29 is 23.2 Å². The van der Waals surface area contributed by atoms with E-state index in [4.69, 9.17) is 23.2 Å². The van der Waals surface area contributed by atoms with Crippen LogP contribution in [0.2, 0.25) is 0 Å². The molecule has 0 unspecified atom stereocenters. The SMILES string of the molecule is c1ccc(OB2OB(Oc3ccccc3)Oc3c(c(-c4ccccc4)cc4ccccc34)-c3c(-c4ccccc4)cc4ccccc4c3O2)cc1. The Kier molecular flexibility index (Phi) is 8.08. The maximum atomic E-state index is 7.02. The van der Waals surface area contributed by atoms with Gasteiger partial charge in [-0.1, -0.05) is 146 Å². The second kappa shape index (κ2) is 13.5. The first kappa shape index (κ1) is 30.6. The standard InChI is InChI=1S/C44H30B2O5/c1-5-17-31(18-6-1)39-29-33-21-13-15-27-37(33)43-41(39)42-40(32-19-7-2-8-20-32)30-34-22-14-16-28-38(34)44(42)50-46(48-36-25-11-4-12-26-36)51-45(49-43)47-35-23-9-3-10-24-35/h1-30H. The van der Waals surface area contributed by atoms with Gasteiger partial charge < -0.3 is 23.2 Å². The normalized spacial score (nSPS) is 12.5. The zero-order valence-electron chi connectivity index (χ0n) is 27.5. The van der Waals surface area contributed by atoms with Crippen molar-refractivity contribution in [1.82, 2.24) is 0 Å². The van der Waals surface area contributed by atoms with Crippen LogP contribution in [0, 0.1) is 0 Å². The van der Waals surface area contributed by atoms with Gasteiger partial charge in [0.15, 0.2) is 0 Å². The fourth-order valence-electron chi connectivity index (χ4n) is 6.72. The van der Waals surface area contributed by atoms with Crippen molar-refractivity contribution in [3.05, 3.63) is 182 Å². The molecule has 9 rings (SSSR count). The van der Waals surface area contributed by atoms with Crippen molar-refractivity contribution in [3.8, 4) is 56.4 Å². The van der Waals surface area contributed by atoms with Gasteiger partial charge in [-0.25, -0.2) is 0 Å². The smallest absolute Gasteiger partial charge is 0.502 e. The summed E-state index contributed by atoms with van der Waals surface area (Å²) < 4.78 is 33.6. The second-order valence-electron chi connectivity index (χ2n) is 12.2. The molecule has 0 aromatic heterocycles. The molecule has 1 aliphatic rings. The number of rotatable bonds is 6. The topological polar surface area (TPSA) is 46.2 Å². The van der Waals surface area contributed by atoms with Crippen LogP contribution in [-0.4, -0.2) is 14.6 Å². The highest BCUT2D eigenvalue weighted by atomic mass is 16.8. The van der Waals surface area contributed by atoms with Gasteiger partial charge in [-0.05, 0) is 69.4 Å². The largest absolute Gasteiger partial charge is 0.777 e. The maximum absolute atomic E-state index is 7.02. The van der Waals surface area contributed by atoms with Crippen LogP contribution in [0.3, 0.4) is 0 Å². The van der Waals surface area contributed by atoms with E-state index in [9.17, 15) is 0 Å².